The average Bonchev–Trinajstić information content (AvgIpc) is 3.11. The molecule has 102 valence electrons. The second-order valence-electron chi connectivity index (χ2n) is 5.89. The highest BCUT2D eigenvalue weighted by atomic mass is 127. The predicted octanol–water partition coefficient (Wildman–Crippen LogP) is 2.60. The van der Waals surface area contributed by atoms with Gasteiger partial charge < -0.3 is 0 Å². The van der Waals surface area contributed by atoms with Gasteiger partial charge in [-0.25, -0.2) is 0 Å². The number of rotatable bonds is 2. The Morgan fingerprint density at radius 1 is 1.00 bits per heavy atom. The summed E-state index contributed by atoms with van der Waals surface area (Å²) in [5, 5.41) is 0. The number of fused-ring (bicyclic) bond motifs is 5. The van der Waals surface area contributed by atoms with E-state index in [0.29, 0.717) is 18.4 Å². The van der Waals surface area contributed by atoms with E-state index in [4.69, 9.17) is 0 Å². The quantitative estimate of drug-likeness (QED) is 0.450. The fourth-order valence-electron chi connectivity index (χ4n) is 3.89. The Hall–Kier alpha value is -1.17. The lowest BCUT2D eigenvalue weighted by molar-refractivity contribution is -0.141. The smallest absolute Gasteiger partial charge is 0.234 e. The minimum atomic E-state index is -0.0821. The molecule has 4 heteroatoms. The van der Waals surface area contributed by atoms with Gasteiger partial charge in [-0.05, 0) is 58.5 Å². The molecule has 0 radical (unpaired) electrons. The lowest BCUT2D eigenvalue weighted by Gasteiger charge is -2.17. The molecule has 0 aromatic heterocycles. The Morgan fingerprint density at radius 3 is 2.10 bits per heavy atom. The number of nitrogens with zero attached hydrogens (tertiary/aromatic N) is 1. The Morgan fingerprint density at radius 2 is 1.55 bits per heavy atom. The van der Waals surface area contributed by atoms with Crippen molar-refractivity contribution in [1.82, 2.24) is 4.90 Å². The van der Waals surface area contributed by atoms with Gasteiger partial charge in [0.1, 0.15) is 0 Å². The van der Waals surface area contributed by atoms with Gasteiger partial charge in [0.05, 0.1) is 18.4 Å². The van der Waals surface area contributed by atoms with E-state index in [1.54, 1.807) is 0 Å². The average molecular weight is 379 g/mol. The molecule has 4 atom stereocenters. The summed E-state index contributed by atoms with van der Waals surface area (Å²) in [7, 11) is 0. The first kappa shape index (κ1) is 12.6. The van der Waals surface area contributed by atoms with Crippen LogP contribution in [0, 0.1) is 27.2 Å². The van der Waals surface area contributed by atoms with Crippen molar-refractivity contribution in [3.8, 4) is 0 Å². The largest absolute Gasteiger partial charge is 0.278 e. The van der Waals surface area contributed by atoms with Crippen molar-refractivity contribution in [1.29, 1.82) is 0 Å². The number of imide groups is 1. The van der Waals surface area contributed by atoms with Crippen LogP contribution in [0.15, 0.2) is 36.4 Å². The van der Waals surface area contributed by atoms with Crippen LogP contribution in [0.4, 0.5) is 0 Å². The van der Waals surface area contributed by atoms with Crippen molar-refractivity contribution in [3.63, 3.8) is 0 Å². The van der Waals surface area contributed by atoms with Crippen LogP contribution in [0.5, 0.6) is 0 Å². The summed E-state index contributed by atoms with van der Waals surface area (Å²) >= 11 is 2.25. The van der Waals surface area contributed by atoms with Crippen LogP contribution in [-0.2, 0) is 16.1 Å². The topological polar surface area (TPSA) is 37.4 Å². The number of carbonyl (C=O) groups excluding carboxylic acids is 2. The minimum Gasteiger partial charge on any atom is -0.278 e. The van der Waals surface area contributed by atoms with E-state index in [9.17, 15) is 9.59 Å². The van der Waals surface area contributed by atoms with Crippen LogP contribution in [0.1, 0.15) is 12.0 Å². The number of hydrogen-bond donors (Lipinski definition) is 0. The molecule has 4 rings (SSSR count). The maximum absolute atomic E-state index is 12.5. The first-order chi connectivity index (χ1) is 9.65. The highest BCUT2D eigenvalue weighted by molar-refractivity contribution is 14.1. The summed E-state index contributed by atoms with van der Waals surface area (Å²) in [6.45, 7) is 0.418. The molecule has 2 amide bonds. The molecular formula is C16H14INO2. The number of likely N-dealkylation sites (tertiary alicyclic amines) is 1. The van der Waals surface area contributed by atoms with Crippen molar-refractivity contribution in [3.05, 3.63) is 45.6 Å². The van der Waals surface area contributed by atoms with Gasteiger partial charge in [0, 0.05) is 3.57 Å². The molecule has 20 heavy (non-hydrogen) atoms. The van der Waals surface area contributed by atoms with Gasteiger partial charge in [0.25, 0.3) is 0 Å². The van der Waals surface area contributed by atoms with Crippen LogP contribution in [0.25, 0.3) is 0 Å². The number of allylic oxidation sites excluding steroid dienone is 2. The van der Waals surface area contributed by atoms with E-state index in [2.05, 4.69) is 34.7 Å². The zero-order valence-electron chi connectivity index (χ0n) is 10.8. The number of benzene rings is 1. The van der Waals surface area contributed by atoms with Gasteiger partial charge in [-0.3, -0.25) is 14.5 Å². The number of halogens is 1. The van der Waals surface area contributed by atoms with E-state index in [-0.39, 0.29) is 23.7 Å². The second-order valence-corrected chi connectivity index (χ2v) is 7.13. The summed E-state index contributed by atoms with van der Waals surface area (Å²) in [5.41, 5.74) is 1.02. The van der Waals surface area contributed by atoms with E-state index in [0.717, 1.165) is 15.6 Å². The maximum Gasteiger partial charge on any atom is 0.234 e. The summed E-state index contributed by atoms with van der Waals surface area (Å²) in [6, 6.07) is 7.99. The first-order valence-electron chi connectivity index (χ1n) is 6.93. The summed E-state index contributed by atoms with van der Waals surface area (Å²) in [5.74, 6) is 0.500. The van der Waals surface area contributed by atoms with Crippen LogP contribution >= 0.6 is 22.6 Å². The van der Waals surface area contributed by atoms with E-state index >= 15 is 0 Å². The number of amides is 2. The summed E-state index contributed by atoms with van der Waals surface area (Å²) < 4.78 is 1.16. The standard InChI is InChI=1S/C16H14INO2/c17-12-5-1-9(2-6-12)8-18-15(19)13-10-3-4-11(7-10)14(13)16(18)20/h1-6,10-11,13-14H,7-8H2/t10-,11-,13-,14+/m0/s1. The van der Waals surface area contributed by atoms with Crippen molar-refractivity contribution in [2.75, 3.05) is 0 Å². The van der Waals surface area contributed by atoms with Crippen LogP contribution in [0.3, 0.4) is 0 Å². The predicted molar refractivity (Wildman–Crippen MR) is 82.4 cm³/mol. The lowest BCUT2D eigenvalue weighted by Crippen LogP contribution is -2.32. The zero-order valence-corrected chi connectivity index (χ0v) is 13.0. The van der Waals surface area contributed by atoms with Gasteiger partial charge in [-0.2, -0.15) is 0 Å². The summed E-state index contributed by atoms with van der Waals surface area (Å²) in [6.07, 6.45) is 5.25. The molecule has 1 heterocycles. The zero-order chi connectivity index (χ0) is 13.9. The highest BCUT2D eigenvalue weighted by Crippen LogP contribution is 2.52. The van der Waals surface area contributed by atoms with Crippen LogP contribution in [-0.4, -0.2) is 16.7 Å². The van der Waals surface area contributed by atoms with Crippen molar-refractivity contribution in [2.45, 2.75) is 13.0 Å². The van der Waals surface area contributed by atoms with Gasteiger partial charge in [0.15, 0.2) is 0 Å². The molecule has 1 aromatic carbocycles. The highest BCUT2D eigenvalue weighted by Gasteiger charge is 2.59. The molecular weight excluding hydrogens is 365 g/mol. The number of hydrogen-bond acceptors (Lipinski definition) is 2. The van der Waals surface area contributed by atoms with Crippen molar-refractivity contribution >= 4 is 34.4 Å². The van der Waals surface area contributed by atoms with E-state index < -0.39 is 0 Å². The van der Waals surface area contributed by atoms with E-state index in [1.165, 1.54) is 4.90 Å². The lowest BCUT2D eigenvalue weighted by atomic mass is 9.85. The van der Waals surface area contributed by atoms with Gasteiger partial charge in [0.2, 0.25) is 11.8 Å². The third-order valence-corrected chi connectivity index (χ3v) is 5.53. The molecule has 0 unspecified atom stereocenters. The fraction of sp³-hybridized carbons (Fsp3) is 0.375. The SMILES string of the molecule is O=C1[C@@H]2[C@H](C(=O)N1Cc1ccc(I)cc1)[C@H]1C=C[C@H]2C1. The monoisotopic (exact) mass is 379 g/mol. The first-order valence-corrected chi connectivity index (χ1v) is 8.01. The van der Waals surface area contributed by atoms with E-state index in [1.807, 2.05) is 24.3 Å². The Bertz CT molecular complexity index is 592. The van der Waals surface area contributed by atoms with Gasteiger partial charge >= 0.3 is 0 Å². The third-order valence-electron chi connectivity index (χ3n) is 4.82. The van der Waals surface area contributed by atoms with Gasteiger partial charge in [-0.15, -0.1) is 0 Å². The summed E-state index contributed by atoms with van der Waals surface area (Å²) in [4.78, 5) is 26.5. The Kier molecular flexibility index (Phi) is 2.77. The fourth-order valence-corrected chi connectivity index (χ4v) is 4.25. The normalized spacial score (nSPS) is 34.1. The van der Waals surface area contributed by atoms with Crippen LogP contribution < -0.4 is 0 Å². The second kappa shape index (κ2) is 4.41. The molecule has 3 nitrogen and oxygen atoms in total. The molecule has 1 aliphatic heterocycles. The van der Waals surface area contributed by atoms with Crippen LogP contribution in [0.2, 0.25) is 0 Å². The number of carbonyl (C=O) groups is 2. The molecule has 0 spiro atoms. The molecule has 1 saturated carbocycles. The molecule has 1 aromatic rings. The molecule has 3 aliphatic rings. The Labute approximate surface area is 131 Å². The molecule has 0 N–H and O–H groups in total. The maximum atomic E-state index is 12.5. The van der Waals surface area contributed by atoms with Crippen molar-refractivity contribution in [2.24, 2.45) is 23.7 Å². The molecule has 2 bridgehead atoms. The molecule has 2 aliphatic carbocycles. The minimum absolute atomic E-state index is 0.0374. The Balaban J connectivity index is 1.60. The molecule has 2 fully saturated rings. The third kappa shape index (κ3) is 1.70. The molecule has 1 saturated heterocycles. The van der Waals surface area contributed by atoms with Gasteiger partial charge in [-0.1, -0.05) is 24.3 Å². The van der Waals surface area contributed by atoms with Crippen molar-refractivity contribution < 1.29 is 9.59 Å².